The first-order chi connectivity index (χ1) is 5.38. The number of hydrogen-bond donors (Lipinski definition) is 1. The Morgan fingerprint density at radius 3 is 2.25 bits per heavy atom. The molecule has 2 aromatic rings. The van der Waals surface area contributed by atoms with Crippen molar-refractivity contribution in [3.63, 3.8) is 0 Å². The van der Waals surface area contributed by atoms with Gasteiger partial charge in [0.1, 0.15) is 5.75 Å². The van der Waals surface area contributed by atoms with E-state index in [-0.39, 0.29) is 17.1 Å². The average Bonchev–Trinajstić information content (AvgIpc) is 2.06. The summed E-state index contributed by atoms with van der Waals surface area (Å²) < 4.78 is 0. The molecular weight excluding hydrogens is 192 g/mol. The maximum atomic E-state index is 9.37. The van der Waals surface area contributed by atoms with Gasteiger partial charge in [-0.1, -0.05) is 36.4 Å². The van der Waals surface area contributed by atoms with Crippen molar-refractivity contribution in [2.45, 2.75) is 0 Å². The fraction of sp³-hybridized carbons (Fsp3) is 0. The Kier molecular flexibility index (Phi) is 2.74. The topological polar surface area (TPSA) is 20.2 Å². The Bertz CT molecular complexity index is 379. The maximum absolute atomic E-state index is 9.37. The van der Waals surface area contributed by atoms with Crippen LogP contribution in [0.15, 0.2) is 42.5 Å². The van der Waals surface area contributed by atoms with Crippen molar-refractivity contribution in [3.8, 4) is 5.75 Å². The van der Waals surface area contributed by atoms with E-state index in [0.29, 0.717) is 5.75 Å². The van der Waals surface area contributed by atoms with Crippen LogP contribution in [-0.4, -0.2) is 5.11 Å². The summed E-state index contributed by atoms with van der Waals surface area (Å²) >= 11 is 0. The van der Waals surface area contributed by atoms with Gasteiger partial charge in [-0.05, 0) is 11.5 Å². The summed E-state index contributed by atoms with van der Waals surface area (Å²) in [5.74, 6) is 0.350. The summed E-state index contributed by atoms with van der Waals surface area (Å²) in [7, 11) is 0. The number of aromatic hydroxyl groups is 1. The van der Waals surface area contributed by atoms with E-state index in [4.69, 9.17) is 0 Å². The monoisotopic (exact) mass is 200 g/mol. The molecule has 2 heteroatoms. The second-order valence-electron chi connectivity index (χ2n) is 2.50. The second kappa shape index (κ2) is 3.61. The molecule has 62 valence electrons. The van der Waals surface area contributed by atoms with Crippen LogP contribution < -0.4 is 0 Å². The molecule has 0 saturated heterocycles. The van der Waals surface area contributed by atoms with Gasteiger partial charge in [0.2, 0.25) is 0 Å². The van der Waals surface area contributed by atoms with Gasteiger partial charge in [-0.25, -0.2) is 0 Å². The van der Waals surface area contributed by atoms with Gasteiger partial charge in [-0.3, -0.25) is 0 Å². The molecule has 0 spiro atoms. The molecule has 12 heavy (non-hydrogen) atoms. The molecule has 0 radical (unpaired) electrons. The molecule has 1 N–H and O–H groups in total. The summed E-state index contributed by atoms with van der Waals surface area (Å²) in [4.78, 5) is 0. The Labute approximate surface area is 81.5 Å². The smallest absolute Gasteiger partial charge is 0.123 e. The number of rotatable bonds is 0. The van der Waals surface area contributed by atoms with E-state index in [2.05, 4.69) is 0 Å². The molecule has 0 aliphatic rings. The quantitative estimate of drug-likeness (QED) is 0.647. The average molecular weight is 200 g/mol. The van der Waals surface area contributed by atoms with Crippen molar-refractivity contribution in [2.24, 2.45) is 0 Å². The third kappa shape index (κ3) is 1.45. The molecule has 0 atom stereocenters. The third-order valence-electron chi connectivity index (χ3n) is 1.77. The van der Waals surface area contributed by atoms with E-state index >= 15 is 0 Å². The molecular formula is C10H8FeO. The minimum absolute atomic E-state index is 0. The molecule has 0 amide bonds. The Balaban J connectivity index is 0.000000720. The van der Waals surface area contributed by atoms with Crippen LogP contribution in [0.2, 0.25) is 0 Å². The van der Waals surface area contributed by atoms with Crippen LogP contribution in [0.25, 0.3) is 10.8 Å². The Hall–Kier alpha value is -0.981. The number of phenols is 1. The summed E-state index contributed by atoms with van der Waals surface area (Å²) in [6.07, 6.45) is 0. The largest absolute Gasteiger partial charge is 0.507 e. The molecule has 0 saturated carbocycles. The molecule has 0 aromatic heterocycles. The second-order valence-corrected chi connectivity index (χ2v) is 2.50. The van der Waals surface area contributed by atoms with Gasteiger partial charge in [-0.15, -0.1) is 0 Å². The minimum Gasteiger partial charge on any atom is -0.507 e. The number of fused-ring (bicyclic) bond motifs is 1. The molecule has 0 aliphatic heterocycles. The minimum atomic E-state index is 0. The van der Waals surface area contributed by atoms with Crippen molar-refractivity contribution in [2.75, 3.05) is 0 Å². The number of benzene rings is 2. The normalized spacial score (nSPS) is 9.33. The van der Waals surface area contributed by atoms with E-state index in [1.54, 1.807) is 6.07 Å². The van der Waals surface area contributed by atoms with Crippen LogP contribution in [0.1, 0.15) is 0 Å². The van der Waals surface area contributed by atoms with E-state index in [9.17, 15) is 5.11 Å². The van der Waals surface area contributed by atoms with Gasteiger partial charge >= 0.3 is 0 Å². The summed E-state index contributed by atoms with van der Waals surface area (Å²) in [5.41, 5.74) is 0. The van der Waals surface area contributed by atoms with Gasteiger partial charge < -0.3 is 5.11 Å². The number of hydrogen-bond acceptors (Lipinski definition) is 1. The molecule has 0 heterocycles. The molecule has 0 fully saturated rings. The molecule has 2 rings (SSSR count). The first kappa shape index (κ1) is 9.11. The van der Waals surface area contributed by atoms with Crippen molar-refractivity contribution >= 4 is 10.8 Å². The van der Waals surface area contributed by atoms with Crippen LogP contribution in [0, 0.1) is 0 Å². The van der Waals surface area contributed by atoms with Crippen molar-refractivity contribution in [1.82, 2.24) is 0 Å². The molecule has 0 bridgehead atoms. The van der Waals surface area contributed by atoms with Gasteiger partial charge in [0, 0.05) is 22.5 Å². The summed E-state index contributed by atoms with van der Waals surface area (Å²) in [6.45, 7) is 0. The van der Waals surface area contributed by atoms with E-state index in [0.717, 1.165) is 10.8 Å². The van der Waals surface area contributed by atoms with Crippen LogP contribution in [0.3, 0.4) is 0 Å². The fourth-order valence-electron chi connectivity index (χ4n) is 1.21. The first-order valence-electron chi connectivity index (χ1n) is 3.54. The van der Waals surface area contributed by atoms with Crippen molar-refractivity contribution in [1.29, 1.82) is 0 Å². The van der Waals surface area contributed by atoms with Crippen LogP contribution in [0.5, 0.6) is 5.75 Å². The standard InChI is InChI=1S/C10H8O.Fe/c11-10-7-3-5-8-4-1-2-6-9(8)10;/h1-7,11H;. The van der Waals surface area contributed by atoms with E-state index in [1.165, 1.54) is 0 Å². The van der Waals surface area contributed by atoms with Crippen molar-refractivity contribution in [3.05, 3.63) is 42.5 Å². The van der Waals surface area contributed by atoms with Crippen LogP contribution in [0.4, 0.5) is 0 Å². The third-order valence-corrected chi connectivity index (χ3v) is 1.77. The predicted octanol–water partition coefficient (Wildman–Crippen LogP) is 2.54. The maximum Gasteiger partial charge on any atom is 0.123 e. The van der Waals surface area contributed by atoms with E-state index in [1.807, 2.05) is 36.4 Å². The van der Waals surface area contributed by atoms with E-state index < -0.39 is 0 Å². The van der Waals surface area contributed by atoms with Crippen LogP contribution in [-0.2, 0) is 17.1 Å². The Morgan fingerprint density at radius 1 is 0.833 bits per heavy atom. The zero-order valence-corrected chi connectivity index (χ0v) is 7.45. The van der Waals surface area contributed by atoms with Gasteiger partial charge in [0.15, 0.2) is 0 Å². The van der Waals surface area contributed by atoms with Crippen molar-refractivity contribution < 1.29 is 22.2 Å². The molecule has 2 aromatic carbocycles. The van der Waals surface area contributed by atoms with Crippen LogP contribution >= 0.6 is 0 Å². The zero-order chi connectivity index (χ0) is 7.68. The summed E-state index contributed by atoms with van der Waals surface area (Å²) in [6, 6.07) is 13.3. The van der Waals surface area contributed by atoms with Gasteiger partial charge in [0.05, 0.1) is 0 Å². The SMILES string of the molecule is Oc1cccc2ccccc12.[Fe]. The molecule has 0 unspecified atom stereocenters. The first-order valence-corrected chi connectivity index (χ1v) is 3.54. The molecule has 0 aliphatic carbocycles. The zero-order valence-electron chi connectivity index (χ0n) is 6.34. The fourth-order valence-corrected chi connectivity index (χ4v) is 1.21. The van der Waals surface area contributed by atoms with Gasteiger partial charge in [0.25, 0.3) is 0 Å². The Morgan fingerprint density at radius 2 is 1.50 bits per heavy atom. The predicted molar refractivity (Wildman–Crippen MR) is 45.6 cm³/mol. The molecule has 1 nitrogen and oxygen atoms in total. The van der Waals surface area contributed by atoms with Gasteiger partial charge in [-0.2, -0.15) is 0 Å². The number of phenolic OH excluding ortho intramolecular Hbond substituents is 1. The summed E-state index contributed by atoms with van der Waals surface area (Å²) in [5, 5.41) is 11.4.